The highest BCUT2D eigenvalue weighted by Gasteiger charge is 2.62. The zero-order valence-electron chi connectivity index (χ0n) is 28.6. The number of carbonyl (C=O) groups excluding carboxylic acids is 3. The van der Waals surface area contributed by atoms with Crippen LogP contribution in [0.15, 0.2) is 0 Å². The van der Waals surface area contributed by atoms with E-state index in [1.807, 2.05) is 5.12 Å². The van der Waals surface area contributed by atoms with Gasteiger partial charge in [0.15, 0.2) is 0 Å². The highest BCUT2D eigenvalue weighted by atomic mass is 79.9. The van der Waals surface area contributed by atoms with Crippen LogP contribution in [0.4, 0.5) is 4.79 Å². The van der Waals surface area contributed by atoms with E-state index in [0.717, 1.165) is 57.8 Å². The van der Waals surface area contributed by atoms with Gasteiger partial charge in [0, 0.05) is 18.5 Å². The number of hydrogen-bond donors (Lipinski definition) is 6. The molecule has 5 unspecified atom stereocenters. The predicted molar refractivity (Wildman–Crippen MR) is 178 cm³/mol. The summed E-state index contributed by atoms with van der Waals surface area (Å²) in [6.07, 6.45) is 8.09. The summed E-state index contributed by atoms with van der Waals surface area (Å²) in [6, 6.07) is -2.13. The molecule has 272 valence electrons. The van der Waals surface area contributed by atoms with E-state index in [-0.39, 0.29) is 60.6 Å². The highest BCUT2D eigenvalue weighted by molar-refractivity contribution is 9.09. The Balaban J connectivity index is 1.32. The number of carboxylic acids is 1. The van der Waals surface area contributed by atoms with E-state index in [1.54, 1.807) is 27.9 Å². The summed E-state index contributed by atoms with van der Waals surface area (Å²) in [4.78, 5) is 55.3. The summed E-state index contributed by atoms with van der Waals surface area (Å²) in [5.74, 6) is -1.76. The van der Waals surface area contributed by atoms with Gasteiger partial charge in [-0.15, -0.1) is 0 Å². The number of halogens is 1. The van der Waals surface area contributed by atoms with Gasteiger partial charge in [-0.1, -0.05) is 48.0 Å². The Hall–Kier alpha value is -2.08. The fraction of sp³-hybridized carbons (Fsp3) is 0.875. The van der Waals surface area contributed by atoms with Crippen LogP contribution in [0.1, 0.15) is 97.8 Å². The first kappa shape index (κ1) is 37.2. The largest absolute Gasteiger partial charge is 0.479 e. The lowest BCUT2D eigenvalue weighted by Crippen LogP contribution is -2.56. The summed E-state index contributed by atoms with van der Waals surface area (Å²) in [7, 11) is 1.61. The molecule has 5 fully saturated rings. The molecule has 0 aromatic heterocycles. The Morgan fingerprint density at radius 2 is 1.79 bits per heavy atom. The minimum Gasteiger partial charge on any atom is -0.479 e. The number of methoxy groups -OCH3 is 1. The van der Waals surface area contributed by atoms with Crippen molar-refractivity contribution < 1.29 is 38.5 Å². The first-order chi connectivity index (χ1) is 22.8. The Morgan fingerprint density at radius 1 is 1.06 bits per heavy atom. The van der Waals surface area contributed by atoms with Gasteiger partial charge in [0.1, 0.15) is 30.0 Å². The van der Waals surface area contributed by atoms with Crippen molar-refractivity contribution in [1.29, 1.82) is 0 Å². The first-order valence-electron chi connectivity index (χ1n) is 17.5. The molecule has 2 saturated carbocycles. The highest BCUT2D eigenvalue weighted by Crippen LogP contribution is 2.47. The number of carboxylic acid groups (broad SMARTS) is 1. The number of carbonyl (C=O) groups is 4. The van der Waals surface area contributed by atoms with Crippen molar-refractivity contribution >= 4 is 39.8 Å². The Morgan fingerprint density at radius 3 is 2.48 bits per heavy atom. The molecule has 3 amide bonds. The van der Waals surface area contributed by atoms with E-state index in [1.165, 1.54) is 4.90 Å². The van der Waals surface area contributed by atoms with Gasteiger partial charge in [0.2, 0.25) is 11.8 Å². The molecule has 5 aliphatic rings. The fourth-order valence-corrected chi connectivity index (χ4v) is 8.55. The second kappa shape index (κ2) is 15.9. The molecule has 3 heterocycles. The van der Waals surface area contributed by atoms with Crippen molar-refractivity contribution in [3.8, 4) is 0 Å². The summed E-state index contributed by atoms with van der Waals surface area (Å²) < 4.78 is 16.4. The third kappa shape index (κ3) is 8.98. The number of rotatable bonds is 7. The SMILES string of the molecule is COCOC1CCC(C2NNN(C3C[C@H]4C(=O)N[C@@]5(C(=O)O)C[C@H]5CCCCCCC[C@@H](NC(=O)OC(C)(C)C)C(=O)N4C3)N2)CC1Br. The number of ether oxygens (including phenoxy) is 3. The zero-order valence-corrected chi connectivity index (χ0v) is 30.2. The van der Waals surface area contributed by atoms with Crippen LogP contribution >= 0.6 is 15.9 Å². The topological polar surface area (TPSA) is 183 Å². The number of alkyl halides is 1. The van der Waals surface area contributed by atoms with E-state index in [9.17, 15) is 24.3 Å². The lowest BCUT2D eigenvalue weighted by molar-refractivity contribution is -0.146. The van der Waals surface area contributed by atoms with Crippen LogP contribution in [0.5, 0.6) is 0 Å². The normalized spacial score (nSPS) is 37.1. The quantitative estimate of drug-likeness (QED) is 0.166. The van der Waals surface area contributed by atoms with Gasteiger partial charge in [-0.2, -0.15) is 10.7 Å². The van der Waals surface area contributed by atoms with Gasteiger partial charge in [0.05, 0.1) is 18.3 Å². The molecule has 0 aromatic rings. The second-order valence-electron chi connectivity index (χ2n) is 15.0. The van der Waals surface area contributed by atoms with E-state index < -0.39 is 41.2 Å². The fourth-order valence-electron chi connectivity index (χ4n) is 7.66. The van der Waals surface area contributed by atoms with Crippen LogP contribution in [0.2, 0.25) is 0 Å². The molecular weight excluding hydrogens is 690 g/mol. The molecule has 0 aromatic carbocycles. The van der Waals surface area contributed by atoms with Crippen molar-refractivity contribution in [2.45, 2.75) is 144 Å². The van der Waals surface area contributed by atoms with E-state index in [2.05, 4.69) is 42.9 Å². The number of alkyl carbamates (subject to hydrolysis) is 1. The average molecular weight is 745 g/mol. The molecule has 15 nitrogen and oxygen atoms in total. The van der Waals surface area contributed by atoms with Crippen LogP contribution in [0.25, 0.3) is 0 Å². The van der Waals surface area contributed by atoms with Gasteiger partial charge < -0.3 is 34.9 Å². The smallest absolute Gasteiger partial charge is 0.408 e. The molecule has 16 heteroatoms. The third-order valence-electron chi connectivity index (χ3n) is 10.3. The van der Waals surface area contributed by atoms with Crippen LogP contribution in [-0.4, -0.2) is 106 Å². The molecule has 0 bridgehead atoms. The number of fused-ring (bicyclic) bond motifs is 2. The third-order valence-corrected chi connectivity index (χ3v) is 11.3. The average Bonchev–Trinajstić information content (AvgIpc) is 3.32. The molecule has 48 heavy (non-hydrogen) atoms. The number of hydrogen-bond acceptors (Lipinski definition) is 11. The second-order valence-corrected chi connectivity index (χ2v) is 16.2. The first-order valence-corrected chi connectivity index (χ1v) is 18.4. The standard InChI is InChI=1S/C32H54BrN7O8/c1-31(2,3)48-30(45)34-23-11-9-7-5-6-8-10-20-16-32(20,29(43)44)35-27(41)24-15-21(17-39(24)28(23)42)40-37-26(36-38-40)19-12-13-25(22(33)14-19)47-18-46-4/h19-26,36-38H,5-18H2,1-4H3,(H,34,45)(H,35,41)(H,43,44)/t19?,20-,21?,22?,23-,24+,25?,26?,32+/m1/s1. The summed E-state index contributed by atoms with van der Waals surface area (Å²) in [5, 5.41) is 17.6. The lowest BCUT2D eigenvalue weighted by atomic mass is 9.85. The number of nitrogens with one attached hydrogen (secondary N) is 5. The molecule has 6 N–H and O–H groups in total. The van der Waals surface area contributed by atoms with E-state index >= 15 is 0 Å². The van der Waals surface area contributed by atoms with Crippen LogP contribution in [0.3, 0.4) is 0 Å². The van der Waals surface area contributed by atoms with Crippen molar-refractivity contribution in [3.05, 3.63) is 0 Å². The van der Waals surface area contributed by atoms with Gasteiger partial charge in [0.25, 0.3) is 0 Å². The van der Waals surface area contributed by atoms with Gasteiger partial charge in [-0.3, -0.25) is 9.59 Å². The summed E-state index contributed by atoms with van der Waals surface area (Å²) >= 11 is 3.78. The molecule has 9 atom stereocenters. The van der Waals surface area contributed by atoms with Gasteiger partial charge in [-0.05, 0) is 77.6 Å². The maximum atomic E-state index is 14.3. The predicted octanol–water partition coefficient (Wildman–Crippen LogP) is 2.26. The van der Waals surface area contributed by atoms with Crippen molar-refractivity contribution in [2.75, 3.05) is 20.4 Å². The number of aliphatic carboxylic acids is 1. The number of nitrogens with zero attached hydrogens (tertiary/aromatic N) is 2. The summed E-state index contributed by atoms with van der Waals surface area (Å²) in [5.41, 5.74) is 7.98. The molecule has 0 spiro atoms. The monoisotopic (exact) mass is 743 g/mol. The van der Waals surface area contributed by atoms with Crippen molar-refractivity contribution in [1.82, 2.24) is 37.0 Å². The molecule has 2 aliphatic carbocycles. The lowest BCUT2D eigenvalue weighted by Gasteiger charge is -2.35. The Bertz CT molecular complexity index is 1180. The van der Waals surface area contributed by atoms with Crippen LogP contribution in [-0.2, 0) is 28.6 Å². The van der Waals surface area contributed by atoms with Crippen molar-refractivity contribution in [2.24, 2.45) is 11.8 Å². The Kier molecular flexibility index (Phi) is 12.3. The molecule has 5 rings (SSSR count). The molecule has 0 radical (unpaired) electrons. The van der Waals surface area contributed by atoms with E-state index in [0.29, 0.717) is 12.8 Å². The minimum absolute atomic E-state index is 0.0664. The molecular formula is C32H54BrN7O8. The maximum absolute atomic E-state index is 14.3. The number of hydrazine groups is 3. The molecule has 3 aliphatic heterocycles. The van der Waals surface area contributed by atoms with E-state index in [4.69, 9.17) is 14.2 Å². The van der Waals surface area contributed by atoms with Crippen molar-refractivity contribution in [3.63, 3.8) is 0 Å². The molecule has 3 saturated heterocycles. The van der Waals surface area contributed by atoms with Crippen LogP contribution < -0.4 is 27.0 Å². The van der Waals surface area contributed by atoms with Crippen LogP contribution in [0, 0.1) is 11.8 Å². The minimum atomic E-state index is -1.31. The van der Waals surface area contributed by atoms with Gasteiger partial charge in [-0.25, -0.2) is 20.4 Å². The van der Waals surface area contributed by atoms with Gasteiger partial charge >= 0.3 is 12.1 Å². The zero-order chi connectivity index (χ0) is 34.6. The summed E-state index contributed by atoms with van der Waals surface area (Å²) in [6.45, 7) is 5.72. The number of amides is 3. The maximum Gasteiger partial charge on any atom is 0.408 e. The Labute approximate surface area is 291 Å².